The molecular formula is C15H21FN2O. The second kappa shape index (κ2) is 5.70. The maximum Gasteiger partial charge on any atom is 0.254 e. The molecular weight excluding hydrogens is 243 g/mol. The minimum absolute atomic E-state index is 0.0147. The van der Waals surface area contributed by atoms with E-state index in [1.54, 1.807) is 13.0 Å². The van der Waals surface area contributed by atoms with Gasteiger partial charge in [0, 0.05) is 37.8 Å². The Bertz CT molecular complexity index is 465. The fraction of sp³-hybridized carbons (Fsp3) is 0.533. The number of nitrogens with zero attached hydrogens (tertiary/aromatic N) is 2. The van der Waals surface area contributed by atoms with Gasteiger partial charge in [0.2, 0.25) is 0 Å². The maximum atomic E-state index is 13.1. The number of aryl methyl sites for hydroxylation is 1. The van der Waals surface area contributed by atoms with Gasteiger partial charge in [-0.15, -0.1) is 0 Å². The van der Waals surface area contributed by atoms with Gasteiger partial charge in [0.15, 0.2) is 0 Å². The Morgan fingerprint density at radius 3 is 2.37 bits per heavy atom. The summed E-state index contributed by atoms with van der Waals surface area (Å²) in [5.74, 6) is -0.278. The van der Waals surface area contributed by atoms with E-state index in [9.17, 15) is 9.18 Å². The molecule has 1 aromatic carbocycles. The van der Waals surface area contributed by atoms with Crippen LogP contribution in [-0.2, 0) is 0 Å². The summed E-state index contributed by atoms with van der Waals surface area (Å²) in [6.45, 7) is 9.42. The van der Waals surface area contributed by atoms with E-state index in [-0.39, 0.29) is 11.7 Å². The molecule has 0 atom stereocenters. The summed E-state index contributed by atoms with van der Waals surface area (Å²) < 4.78 is 13.1. The summed E-state index contributed by atoms with van der Waals surface area (Å²) in [5.41, 5.74) is 1.32. The highest BCUT2D eigenvalue weighted by Crippen LogP contribution is 2.15. The van der Waals surface area contributed by atoms with Crippen molar-refractivity contribution in [1.29, 1.82) is 0 Å². The second-order valence-corrected chi connectivity index (χ2v) is 5.38. The number of amides is 1. The Balaban J connectivity index is 2.05. The molecule has 0 spiro atoms. The van der Waals surface area contributed by atoms with Gasteiger partial charge < -0.3 is 4.90 Å². The Labute approximate surface area is 114 Å². The third-order valence-electron chi connectivity index (χ3n) is 3.75. The fourth-order valence-corrected chi connectivity index (χ4v) is 2.48. The molecule has 2 rings (SSSR count). The van der Waals surface area contributed by atoms with Gasteiger partial charge in [-0.3, -0.25) is 9.69 Å². The minimum atomic E-state index is -0.293. The summed E-state index contributed by atoms with van der Waals surface area (Å²) >= 11 is 0. The van der Waals surface area contributed by atoms with Crippen molar-refractivity contribution in [1.82, 2.24) is 9.80 Å². The average Bonchev–Trinajstić information content (AvgIpc) is 2.38. The molecule has 0 N–H and O–H groups in total. The summed E-state index contributed by atoms with van der Waals surface area (Å²) in [7, 11) is 0. The molecule has 1 fully saturated rings. The molecule has 0 bridgehead atoms. The third-order valence-corrected chi connectivity index (χ3v) is 3.75. The predicted molar refractivity (Wildman–Crippen MR) is 73.7 cm³/mol. The summed E-state index contributed by atoms with van der Waals surface area (Å²) in [5, 5.41) is 0. The molecule has 19 heavy (non-hydrogen) atoms. The van der Waals surface area contributed by atoms with Gasteiger partial charge in [-0.1, -0.05) is 0 Å². The van der Waals surface area contributed by atoms with Crippen LogP contribution in [0.2, 0.25) is 0 Å². The molecule has 0 saturated carbocycles. The van der Waals surface area contributed by atoms with Crippen molar-refractivity contribution in [2.75, 3.05) is 26.2 Å². The van der Waals surface area contributed by atoms with E-state index in [1.807, 2.05) is 4.90 Å². The number of carbonyl (C=O) groups excluding carboxylic acids is 1. The van der Waals surface area contributed by atoms with Crippen molar-refractivity contribution >= 4 is 5.91 Å². The first kappa shape index (κ1) is 14.0. The topological polar surface area (TPSA) is 23.6 Å². The summed E-state index contributed by atoms with van der Waals surface area (Å²) in [6, 6.07) is 4.87. The molecule has 1 aliphatic rings. The highest BCUT2D eigenvalue weighted by molar-refractivity contribution is 5.95. The highest BCUT2D eigenvalue weighted by Gasteiger charge is 2.24. The van der Waals surface area contributed by atoms with Crippen molar-refractivity contribution in [3.63, 3.8) is 0 Å². The second-order valence-electron chi connectivity index (χ2n) is 5.38. The van der Waals surface area contributed by atoms with Gasteiger partial charge in [-0.05, 0) is 44.5 Å². The molecule has 3 nitrogen and oxygen atoms in total. The summed E-state index contributed by atoms with van der Waals surface area (Å²) in [6.07, 6.45) is 0. The molecule has 4 heteroatoms. The molecule has 1 aromatic rings. The van der Waals surface area contributed by atoms with Crippen LogP contribution in [0.25, 0.3) is 0 Å². The van der Waals surface area contributed by atoms with E-state index >= 15 is 0 Å². The fourth-order valence-electron chi connectivity index (χ4n) is 2.48. The normalized spacial score (nSPS) is 17.0. The molecule has 0 unspecified atom stereocenters. The molecule has 0 aromatic heterocycles. The van der Waals surface area contributed by atoms with E-state index in [2.05, 4.69) is 18.7 Å². The van der Waals surface area contributed by atoms with Gasteiger partial charge >= 0.3 is 0 Å². The lowest BCUT2D eigenvalue weighted by Gasteiger charge is -2.37. The Hall–Kier alpha value is -1.42. The molecule has 1 amide bonds. The van der Waals surface area contributed by atoms with Crippen LogP contribution in [0.15, 0.2) is 18.2 Å². The lowest BCUT2D eigenvalue weighted by atomic mass is 10.1. The van der Waals surface area contributed by atoms with Crippen LogP contribution in [0.5, 0.6) is 0 Å². The zero-order chi connectivity index (χ0) is 14.0. The molecule has 0 radical (unpaired) electrons. The molecule has 0 aliphatic carbocycles. The lowest BCUT2D eigenvalue weighted by molar-refractivity contribution is 0.0595. The van der Waals surface area contributed by atoms with E-state index in [0.29, 0.717) is 17.2 Å². The summed E-state index contributed by atoms with van der Waals surface area (Å²) in [4.78, 5) is 16.6. The number of piperazine rings is 1. The van der Waals surface area contributed by atoms with Crippen LogP contribution >= 0.6 is 0 Å². The first-order valence-electron chi connectivity index (χ1n) is 6.78. The highest BCUT2D eigenvalue weighted by atomic mass is 19.1. The standard InChI is InChI=1S/C15H21FN2O/c1-11(2)17-6-8-18(9-7-17)15(19)14-5-4-13(16)10-12(14)3/h4-5,10-11H,6-9H2,1-3H3. The number of benzene rings is 1. The number of halogens is 1. The van der Waals surface area contributed by atoms with Crippen LogP contribution in [0.3, 0.4) is 0 Å². The van der Waals surface area contributed by atoms with Crippen LogP contribution in [0.1, 0.15) is 29.8 Å². The SMILES string of the molecule is Cc1cc(F)ccc1C(=O)N1CCN(C(C)C)CC1. The van der Waals surface area contributed by atoms with Gasteiger partial charge in [0.25, 0.3) is 5.91 Å². The van der Waals surface area contributed by atoms with Crippen LogP contribution in [-0.4, -0.2) is 47.9 Å². The van der Waals surface area contributed by atoms with E-state index in [4.69, 9.17) is 0 Å². The number of hydrogen-bond acceptors (Lipinski definition) is 2. The van der Waals surface area contributed by atoms with Crippen molar-refractivity contribution in [2.45, 2.75) is 26.8 Å². The van der Waals surface area contributed by atoms with Gasteiger partial charge in [-0.2, -0.15) is 0 Å². The molecule has 1 heterocycles. The van der Waals surface area contributed by atoms with E-state index in [0.717, 1.165) is 26.2 Å². The average molecular weight is 264 g/mol. The number of carbonyl (C=O) groups is 1. The van der Waals surface area contributed by atoms with Crippen molar-refractivity contribution in [2.24, 2.45) is 0 Å². The minimum Gasteiger partial charge on any atom is -0.336 e. The first-order chi connectivity index (χ1) is 8.99. The smallest absolute Gasteiger partial charge is 0.254 e. The van der Waals surface area contributed by atoms with E-state index in [1.165, 1.54) is 12.1 Å². The molecule has 1 saturated heterocycles. The Morgan fingerprint density at radius 2 is 1.84 bits per heavy atom. The van der Waals surface area contributed by atoms with Crippen LogP contribution in [0.4, 0.5) is 4.39 Å². The van der Waals surface area contributed by atoms with Crippen LogP contribution in [0, 0.1) is 12.7 Å². The largest absolute Gasteiger partial charge is 0.336 e. The Morgan fingerprint density at radius 1 is 1.21 bits per heavy atom. The van der Waals surface area contributed by atoms with Gasteiger partial charge in [0.1, 0.15) is 5.82 Å². The first-order valence-corrected chi connectivity index (χ1v) is 6.78. The molecule has 1 aliphatic heterocycles. The maximum absolute atomic E-state index is 13.1. The van der Waals surface area contributed by atoms with E-state index < -0.39 is 0 Å². The number of hydrogen-bond donors (Lipinski definition) is 0. The van der Waals surface area contributed by atoms with Crippen molar-refractivity contribution in [3.05, 3.63) is 35.1 Å². The number of rotatable bonds is 2. The van der Waals surface area contributed by atoms with Crippen LogP contribution < -0.4 is 0 Å². The molecule has 104 valence electrons. The predicted octanol–water partition coefficient (Wildman–Crippen LogP) is 2.30. The third kappa shape index (κ3) is 3.13. The van der Waals surface area contributed by atoms with Crippen molar-refractivity contribution in [3.8, 4) is 0 Å². The van der Waals surface area contributed by atoms with Gasteiger partial charge in [0.05, 0.1) is 0 Å². The van der Waals surface area contributed by atoms with Crippen molar-refractivity contribution < 1.29 is 9.18 Å². The zero-order valence-corrected chi connectivity index (χ0v) is 11.8. The quantitative estimate of drug-likeness (QED) is 0.818. The van der Waals surface area contributed by atoms with Gasteiger partial charge in [-0.25, -0.2) is 4.39 Å². The monoisotopic (exact) mass is 264 g/mol. The lowest BCUT2D eigenvalue weighted by Crippen LogP contribution is -2.50. The zero-order valence-electron chi connectivity index (χ0n) is 11.8. The Kier molecular flexibility index (Phi) is 4.20.